The Balaban J connectivity index is 1.45. The summed E-state index contributed by atoms with van der Waals surface area (Å²) in [5, 5.41) is 1.25. The predicted molar refractivity (Wildman–Crippen MR) is 129 cm³/mol. The van der Waals surface area contributed by atoms with Crippen molar-refractivity contribution in [2.45, 2.75) is 52.5 Å². The van der Waals surface area contributed by atoms with Crippen LogP contribution in [0.4, 0.5) is 6.01 Å². The van der Waals surface area contributed by atoms with Gasteiger partial charge in [0.15, 0.2) is 11.5 Å². The number of para-hydroxylation sites is 1. The van der Waals surface area contributed by atoms with E-state index in [4.69, 9.17) is 4.42 Å². The van der Waals surface area contributed by atoms with Crippen molar-refractivity contribution in [3.8, 4) is 0 Å². The molecule has 2 atom stereocenters. The van der Waals surface area contributed by atoms with Crippen LogP contribution < -0.4 is 4.90 Å². The summed E-state index contributed by atoms with van der Waals surface area (Å²) in [5.41, 5.74) is 2.43. The number of nitrogens with one attached hydrogen (secondary N) is 1. The second-order valence-corrected chi connectivity index (χ2v) is 9.81. The molecule has 0 amide bonds. The van der Waals surface area contributed by atoms with Gasteiger partial charge in [0.2, 0.25) is 0 Å². The van der Waals surface area contributed by atoms with E-state index in [1.807, 2.05) is 6.07 Å². The number of H-pyrrole nitrogens is 1. The van der Waals surface area contributed by atoms with Gasteiger partial charge in [-0.3, -0.25) is 4.79 Å². The highest BCUT2D eigenvalue weighted by Gasteiger charge is 2.26. The maximum absolute atomic E-state index is 13.1. The first-order chi connectivity index (χ1) is 15.4. The number of anilines is 1. The Hall–Kier alpha value is -2.60. The van der Waals surface area contributed by atoms with E-state index in [1.54, 1.807) is 6.20 Å². The lowest BCUT2D eigenvalue weighted by Crippen LogP contribution is -2.50. The van der Waals surface area contributed by atoms with Crippen LogP contribution in [0.25, 0.3) is 10.9 Å². The van der Waals surface area contributed by atoms with Crippen LogP contribution in [0.5, 0.6) is 0 Å². The van der Waals surface area contributed by atoms with E-state index in [-0.39, 0.29) is 11.7 Å². The van der Waals surface area contributed by atoms with Gasteiger partial charge in [-0.15, -0.1) is 0 Å². The molecule has 0 saturated carbocycles. The van der Waals surface area contributed by atoms with Gasteiger partial charge in [-0.1, -0.05) is 38.5 Å². The number of hydrogen-bond donors (Lipinski definition) is 1. The molecule has 172 valence electrons. The predicted octanol–water partition coefficient (Wildman–Crippen LogP) is 5.16. The Bertz CT molecular complexity index is 1040. The van der Waals surface area contributed by atoms with Crippen LogP contribution >= 0.6 is 0 Å². The summed E-state index contributed by atoms with van der Waals surface area (Å²) in [6.07, 6.45) is 7.23. The minimum absolute atomic E-state index is 0.0551. The van der Waals surface area contributed by atoms with E-state index >= 15 is 0 Å². The number of hydrogen-bond acceptors (Lipinski definition) is 5. The average molecular weight is 437 g/mol. The fourth-order valence-corrected chi connectivity index (χ4v) is 4.58. The van der Waals surface area contributed by atoms with Gasteiger partial charge in [0.05, 0.1) is 6.20 Å². The van der Waals surface area contributed by atoms with Crippen LogP contribution in [0.1, 0.15) is 56.2 Å². The van der Waals surface area contributed by atoms with Gasteiger partial charge in [-0.05, 0) is 50.3 Å². The van der Waals surface area contributed by atoms with Crippen LogP contribution in [0.15, 0.2) is 41.1 Å². The van der Waals surface area contributed by atoms with Gasteiger partial charge in [0.1, 0.15) is 0 Å². The molecule has 6 nitrogen and oxygen atoms in total. The molecule has 32 heavy (non-hydrogen) atoms. The molecule has 6 heteroatoms. The normalized spacial score (nSPS) is 18.5. The fourth-order valence-electron chi connectivity index (χ4n) is 4.58. The van der Waals surface area contributed by atoms with Crippen molar-refractivity contribution in [2.75, 3.05) is 31.6 Å². The van der Waals surface area contributed by atoms with Crippen molar-refractivity contribution in [2.24, 2.45) is 11.8 Å². The number of rotatable bonds is 9. The zero-order valence-electron chi connectivity index (χ0n) is 19.8. The minimum Gasteiger partial charge on any atom is -0.420 e. The molecule has 2 aromatic heterocycles. The lowest BCUT2D eigenvalue weighted by atomic mass is 9.87. The molecule has 1 aromatic carbocycles. The molecule has 1 aliphatic rings. The van der Waals surface area contributed by atoms with Gasteiger partial charge in [0.25, 0.3) is 6.01 Å². The lowest BCUT2D eigenvalue weighted by Gasteiger charge is -2.36. The molecule has 3 heterocycles. The number of carbonyl (C=O) groups excluding carboxylic acids is 1. The third-order valence-corrected chi connectivity index (χ3v) is 6.81. The maximum atomic E-state index is 13.1. The van der Waals surface area contributed by atoms with Crippen LogP contribution in [0.2, 0.25) is 0 Å². The first kappa shape index (κ1) is 22.6. The molecule has 2 unspecified atom stereocenters. The van der Waals surface area contributed by atoms with Crippen molar-refractivity contribution < 1.29 is 9.21 Å². The Morgan fingerprint density at radius 2 is 2.06 bits per heavy atom. The van der Waals surface area contributed by atoms with Gasteiger partial charge in [0, 0.05) is 49.2 Å². The molecule has 0 spiro atoms. The fraction of sp³-hybridized carbons (Fsp3) is 0.538. The van der Waals surface area contributed by atoms with Crippen LogP contribution in [-0.2, 0) is 6.42 Å². The van der Waals surface area contributed by atoms with Crippen LogP contribution in [0.3, 0.4) is 0 Å². The highest BCUT2D eigenvalue weighted by Crippen LogP contribution is 2.27. The molecule has 0 bridgehead atoms. The van der Waals surface area contributed by atoms with Crippen molar-refractivity contribution >= 4 is 22.7 Å². The van der Waals surface area contributed by atoms with E-state index in [2.05, 4.69) is 72.0 Å². The number of nitrogens with zero attached hydrogens (tertiary/aromatic N) is 3. The van der Waals surface area contributed by atoms with Gasteiger partial charge in [-0.2, -0.15) is 0 Å². The summed E-state index contributed by atoms with van der Waals surface area (Å²) in [7, 11) is 2.14. The number of aromatic amines is 1. The molecule has 1 N–H and O–H groups in total. The molecule has 4 rings (SSSR count). The van der Waals surface area contributed by atoms with Gasteiger partial charge >= 0.3 is 0 Å². The zero-order chi connectivity index (χ0) is 22.7. The Morgan fingerprint density at radius 1 is 1.25 bits per heavy atom. The summed E-state index contributed by atoms with van der Waals surface area (Å²) in [5.74, 6) is 1.34. The monoisotopic (exact) mass is 436 g/mol. The Morgan fingerprint density at radius 3 is 2.84 bits per heavy atom. The zero-order valence-corrected chi connectivity index (χ0v) is 19.8. The topological polar surface area (TPSA) is 65.4 Å². The van der Waals surface area contributed by atoms with E-state index in [9.17, 15) is 4.79 Å². The number of fused-ring (bicyclic) bond motifs is 1. The second-order valence-electron chi connectivity index (χ2n) is 9.81. The number of likely N-dealkylation sites (N-methyl/N-ethyl adjacent to an activating group) is 1. The number of aromatic nitrogens is 2. The van der Waals surface area contributed by atoms with Gasteiger partial charge < -0.3 is 19.2 Å². The van der Waals surface area contributed by atoms with Gasteiger partial charge in [-0.25, -0.2) is 4.98 Å². The molecule has 3 aromatic rings. The van der Waals surface area contributed by atoms with Crippen molar-refractivity contribution in [1.82, 2.24) is 14.9 Å². The largest absolute Gasteiger partial charge is 0.420 e. The summed E-state index contributed by atoms with van der Waals surface area (Å²) < 4.78 is 5.94. The van der Waals surface area contributed by atoms with Crippen molar-refractivity contribution in [3.05, 3.63) is 48.0 Å². The molecule has 0 radical (unpaired) electrons. The minimum atomic E-state index is 0.0551. The second kappa shape index (κ2) is 9.90. The van der Waals surface area contributed by atoms with E-state index in [1.165, 1.54) is 10.9 Å². The van der Waals surface area contributed by atoms with Crippen molar-refractivity contribution in [1.29, 1.82) is 0 Å². The van der Waals surface area contributed by atoms with Crippen molar-refractivity contribution in [3.63, 3.8) is 0 Å². The lowest BCUT2D eigenvalue weighted by molar-refractivity contribution is 0.0930. The third-order valence-electron chi connectivity index (χ3n) is 6.81. The summed E-state index contributed by atoms with van der Waals surface area (Å²) >= 11 is 0. The average Bonchev–Trinajstić information content (AvgIpc) is 3.42. The number of Topliss-reactive ketones (excluding diaryl/α,β-unsaturated/α-hetero) is 1. The standard InChI is InChI=1S/C26H36N4O2/c1-18(2)9-10-20(13-21-15-27-23-8-6-5-7-22(21)23)14-24(31)25-16-28-26(32-25)30-12-11-29(4)19(3)17-30/h5-8,15-16,18-20,27H,9-14,17H2,1-4H3. The molecule has 0 aliphatic carbocycles. The number of oxazole rings is 1. The molecule has 1 saturated heterocycles. The number of ketones is 1. The van der Waals surface area contributed by atoms with E-state index in [0.29, 0.717) is 30.2 Å². The number of piperazine rings is 1. The molecule has 1 aliphatic heterocycles. The Kier molecular flexibility index (Phi) is 6.99. The quantitative estimate of drug-likeness (QED) is 0.469. The number of benzene rings is 1. The molecule has 1 fully saturated rings. The van der Waals surface area contributed by atoms with Crippen LogP contribution in [-0.4, -0.2) is 53.4 Å². The summed E-state index contributed by atoms with van der Waals surface area (Å²) in [4.78, 5) is 25.4. The highest BCUT2D eigenvalue weighted by atomic mass is 16.4. The molecular weight excluding hydrogens is 400 g/mol. The summed E-state index contributed by atoms with van der Waals surface area (Å²) in [6, 6.07) is 9.38. The van der Waals surface area contributed by atoms with E-state index in [0.717, 1.165) is 44.4 Å². The SMILES string of the molecule is CC(C)CCC(CC(=O)c1cnc(N2CCN(C)C(C)C2)o1)Cc1c[nH]c2ccccc12. The number of carbonyl (C=O) groups is 1. The first-order valence-electron chi connectivity index (χ1n) is 11.9. The maximum Gasteiger partial charge on any atom is 0.297 e. The summed E-state index contributed by atoms with van der Waals surface area (Å²) in [6.45, 7) is 9.38. The first-order valence-corrected chi connectivity index (χ1v) is 11.9. The third kappa shape index (κ3) is 5.23. The highest BCUT2D eigenvalue weighted by molar-refractivity contribution is 5.93. The molecular formula is C26H36N4O2. The Labute approximate surface area is 191 Å². The van der Waals surface area contributed by atoms with Crippen LogP contribution in [0, 0.1) is 11.8 Å². The van der Waals surface area contributed by atoms with E-state index < -0.39 is 0 Å². The smallest absolute Gasteiger partial charge is 0.297 e.